The van der Waals surface area contributed by atoms with Crippen LogP contribution in [0.5, 0.6) is 0 Å². The van der Waals surface area contributed by atoms with Gasteiger partial charge in [-0.2, -0.15) is 4.31 Å². The van der Waals surface area contributed by atoms with Crippen molar-refractivity contribution in [2.45, 2.75) is 72.0 Å². The van der Waals surface area contributed by atoms with Gasteiger partial charge in [0.15, 0.2) is 0 Å². The van der Waals surface area contributed by atoms with Crippen molar-refractivity contribution in [3.8, 4) is 0 Å². The maximum Gasteiger partial charge on any atom is 0.215 e. The fourth-order valence-electron chi connectivity index (χ4n) is 3.64. The smallest absolute Gasteiger partial charge is 0.215 e. The van der Waals surface area contributed by atoms with Crippen LogP contribution in [0.25, 0.3) is 0 Å². The summed E-state index contributed by atoms with van der Waals surface area (Å²) in [5, 5.41) is 0. The van der Waals surface area contributed by atoms with Crippen LogP contribution in [0.15, 0.2) is 0 Å². The van der Waals surface area contributed by atoms with Crippen molar-refractivity contribution in [2.24, 2.45) is 5.41 Å². The normalized spacial score (nSPS) is 30.1. The van der Waals surface area contributed by atoms with E-state index in [-0.39, 0.29) is 23.3 Å². The molecule has 0 spiro atoms. The Morgan fingerprint density at radius 1 is 1.20 bits per heavy atom. The Morgan fingerprint density at radius 2 is 1.75 bits per heavy atom. The molecule has 2 bridgehead atoms. The molecule has 4 nitrogen and oxygen atoms in total. The molecule has 0 aromatic heterocycles. The van der Waals surface area contributed by atoms with Crippen LogP contribution in [0.2, 0.25) is 0 Å². The van der Waals surface area contributed by atoms with Gasteiger partial charge in [-0.15, -0.1) is 0 Å². The van der Waals surface area contributed by atoms with Crippen LogP contribution in [-0.4, -0.2) is 54.6 Å². The molecular weight excluding hydrogens is 272 g/mol. The molecule has 0 N–H and O–H groups in total. The minimum Gasteiger partial charge on any atom is -0.297 e. The predicted octanol–water partition coefficient (Wildman–Crippen LogP) is 2.31. The van der Waals surface area contributed by atoms with Gasteiger partial charge in [-0.1, -0.05) is 34.1 Å². The van der Waals surface area contributed by atoms with Crippen LogP contribution in [0.4, 0.5) is 0 Å². The molecule has 3 rings (SSSR count). The molecule has 5 heteroatoms. The van der Waals surface area contributed by atoms with Crippen LogP contribution in [-0.2, 0) is 10.0 Å². The monoisotopic (exact) mass is 302 g/mol. The average molecular weight is 302 g/mol. The average Bonchev–Trinajstić information content (AvgIpc) is 2.25. The number of piperidine rings is 1. The minimum absolute atomic E-state index is 0.169. The first-order chi connectivity index (χ1) is 9.14. The van der Waals surface area contributed by atoms with Gasteiger partial charge in [0, 0.05) is 31.2 Å². The van der Waals surface area contributed by atoms with Gasteiger partial charge in [0.1, 0.15) is 0 Å². The summed E-state index contributed by atoms with van der Waals surface area (Å²) in [5.41, 5.74) is -0.169. The summed E-state index contributed by atoms with van der Waals surface area (Å²) in [6, 6.07) is 1.03. The fraction of sp³-hybridized carbons (Fsp3) is 1.00. The second-order valence-corrected chi connectivity index (χ2v) is 9.66. The Bertz CT molecular complexity index is 429. The van der Waals surface area contributed by atoms with E-state index in [1.54, 1.807) is 0 Å². The Labute approximate surface area is 124 Å². The van der Waals surface area contributed by atoms with E-state index in [4.69, 9.17) is 0 Å². The lowest BCUT2D eigenvalue weighted by atomic mass is 9.90. The van der Waals surface area contributed by atoms with E-state index in [9.17, 15) is 8.42 Å². The summed E-state index contributed by atoms with van der Waals surface area (Å²) in [6.45, 7) is 12.3. The highest BCUT2D eigenvalue weighted by atomic mass is 32.2. The third-order valence-electron chi connectivity index (χ3n) is 4.42. The second-order valence-electron chi connectivity index (χ2n) is 7.78. The van der Waals surface area contributed by atoms with Crippen molar-refractivity contribution < 1.29 is 8.42 Å². The van der Waals surface area contributed by atoms with E-state index in [0.29, 0.717) is 6.04 Å². The molecule has 3 aliphatic rings. The zero-order chi connectivity index (χ0) is 15.1. The van der Waals surface area contributed by atoms with Gasteiger partial charge in [-0.25, -0.2) is 8.42 Å². The van der Waals surface area contributed by atoms with E-state index >= 15 is 0 Å². The van der Waals surface area contributed by atoms with Gasteiger partial charge in [-0.05, 0) is 25.2 Å². The third kappa shape index (κ3) is 3.37. The Kier molecular flexibility index (Phi) is 4.53. The first-order valence-corrected chi connectivity index (χ1v) is 9.50. The largest absolute Gasteiger partial charge is 0.297 e. The van der Waals surface area contributed by atoms with Gasteiger partial charge >= 0.3 is 0 Å². The zero-order valence-corrected chi connectivity index (χ0v) is 14.4. The van der Waals surface area contributed by atoms with E-state index in [0.717, 1.165) is 19.5 Å². The fourth-order valence-corrected chi connectivity index (χ4v) is 6.10. The number of sulfonamides is 1. The number of piperazine rings is 1. The minimum atomic E-state index is -3.10. The zero-order valence-electron chi connectivity index (χ0n) is 13.6. The molecule has 3 atom stereocenters. The standard InChI is InChI=1S/C15H30N2O2S/c1-6-7-12(2)16-9-13-8-14(10-16)17(13)20(18,19)11-15(3,4)5/h12-14H,6-11H2,1-5H3. The molecular formula is C15H30N2O2S. The predicted molar refractivity (Wildman–Crippen MR) is 83.2 cm³/mol. The number of nitrogens with zero attached hydrogens (tertiary/aromatic N) is 2. The maximum atomic E-state index is 12.6. The molecule has 3 fully saturated rings. The highest BCUT2D eigenvalue weighted by Gasteiger charge is 2.51. The lowest BCUT2D eigenvalue weighted by Gasteiger charge is -2.56. The van der Waals surface area contributed by atoms with Gasteiger partial charge in [0.2, 0.25) is 10.0 Å². The maximum absolute atomic E-state index is 12.6. The lowest BCUT2D eigenvalue weighted by molar-refractivity contribution is -0.0249. The van der Waals surface area contributed by atoms with E-state index in [1.807, 2.05) is 25.1 Å². The lowest BCUT2D eigenvalue weighted by Crippen LogP contribution is -2.71. The molecule has 0 saturated carbocycles. The van der Waals surface area contributed by atoms with Crippen molar-refractivity contribution in [1.82, 2.24) is 9.21 Å². The van der Waals surface area contributed by atoms with Gasteiger partial charge in [0.25, 0.3) is 0 Å². The van der Waals surface area contributed by atoms with Gasteiger partial charge in [0.05, 0.1) is 5.75 Å². The van der Waals surface area contributed by atoms with Crippen molar-refractivity contribution in [1.29, 1.82) is 0 Å². The van der Waals surface area contributed by atoms with Crippen molar-refractivity contribution >= 4 is 10.0 Å². The third-order valence-corrected chi connectivity index (χ3v) is 6.89. The van der Waals surface area contributed by atoms with Crippen molar-refractivity contribution in [3.63, 3.8) is 0 Å². The topological polar surface area (TPSA) is 40.6 Å². The van der Waals surface area contributed by atoms with E-state index in [2.05, 4.69) is 18.7 Å². The number of rotatable bonds is 5. The molecule has 0 aliphatic carbocycles. The molecule has 20 heavy (non-hydrogen) atoms. The quantitative estimate of drug-likeness (QED) is 0.782. The Balaban J connectivity index is 2.00. The van der Waals surface area contributed by atoms with Crippen LogP contribution >= 0.6 is 0 Å². The first-order valence-electron chi connectivity index (χ1n) is 7.89. The highest BCUT2D eigenvalue weighted by molar-refractivity contribution is 7.89. The molecule has 0 aromatic rings. The van der Waals surface area contributed by atoms with Gasteiger partial charge < -0.3 is 0 Å². The molecule has 3 heterocycles. The second kappa shape index (κ2) is 5.58. The molecule has 3 unspecified atom stereocenters. The molecule has 0 aromatic carbocycles. The summed E-state index contributed by atoms with van der Waals surface area (Å²) in [4.78, 5) is 2.48. The van der Waals surface area contributed by atoms with Gasteiger partial charge in [-0.3, -0.25) is 4.90 Å². The highest BCUT2D eigenvalue weighted by Crippen LogP contribution is 2.37. The van der Waals surface area contributed by atoms with E-state index < -0.39 is 10.0 Å². The summed E-state index contributed by atoms with van der Waals surface area (Å²) in [6.07, 6.45) is 3.45. The Hall–Kier alpha value is -0.130. The van der Waals surface area contributed by atoms with Crippen molar-refractivity contribution in [3.05, 3.63) is 0 Å². The van der Waals surface area contributed by atoms with Crippen LogP contribution in [0.3, 0.4) is 0 Å². The summed E-state index contributed by atoms with van der Waals surface area (Å²) < 4.78 is 26.9. The van der Waals surface area contributed by atoms with Crippen molar-refractivity contribution in [2.75, 3.05) is 18.8 Å². The van der Waals surface area contributed by atoms with Crippen LogP contribution < -0.4 is 0 Å². The first kappa shape index (κ1) is 16.2. The number of hydrogen-bond donors (Lipinski definition) is 0. The number of fused-ring (bicyclic) bond motifs is 2. The molecule has 0 amide bonds. The molecule has 3 aliphatic heterocycles. The molecule has 0 radical (unpaired) electrons. The summed E-state index contributed by atoms with van der Waals surface area (Å²) in [7, 11) is -3.10. The van der Waals surface area contributed by atoms with E-state index in [1.165, 1.54) is 12.8 Å². The molecule has 118 valence electrons. The molecule has 3 saturated heterocycles. The SMILES string of the molecule is CCCC(C)N1CC2CC(C1)N2S(=O)(=O)CC(C)(C)C. The van der Waals surface area contributed by atoms with Crippen LogP contribution in [0, 0.1) is 5.41 Å². The summed E-state index contributed by atoms with van der Waals surface area (Å²) in [5.74, 6) is 0.261. The Morgan fingerprint density at radius 3 is 2.20 bits per heavy atom. The summed E-state index contributed by atoms with van der Waals surface area (Å²) >= 11 is 0. The van der Waals surface area contributed by atoms with Crippen LogP contribution in [0.1, 0.15) is 53.9 Å². The number of hydrogen-bond acceptors (Lipinski definition) is 3.